The summed E-state index contributed by atoms with van der Waals surface area (Å²) in [5.41, 5.74) is 4.66. The normalized spacial score (nSPS) is 28.2. The molecular weight excluding hydrogens is 512 g/mol. The molecule has 3 unspecified atom stereocenters. The molecule has 2 heterocycles. The summed E-state index contributed by atoms with van der Waals surface area (Å²) in [7, 11) is -3.12. The van der Waals surface area contributed by atoms with Crippen molar-refractivity contribution in [3.63, 3.8) is 0 Å². The van der Waals surface area contributed by atoms with Crippen LogP contribution in [0.2, 0.25) is 0 Å². The van der Waals surface area contributed by atoms with Gasteiger partial charge in [0.05, 0.1) is 10.6 Å². The molecule has 2 aromatic carbocycles. The first-order chi connectivity index (χ1) is 19.5. The number of fused-ring (bicyclic) bond motifs is 1. The Morgan fingerprint density at radius 2 is 1.52 bits per heavy atom. The minimum absolute atomic E-state index is 0.159. The predicted molar refractivity (Wildman–Crippen MR) is 166 cm³/mol. The molecule has 2 aliphatic carbocycles. The third kappa shape index (κ3) is 5.62. The Morgan fingerprint density at radius 1 is 0.825 bits per heavy atom. The van der Waals surface area contributed by atoms with E-state index >= 15 is 0 Å². The van der Waals surface area contributed by atoms with E-state index in [0.29, 0.717) is 4.90 Å². The highest BCUT2D eigenvalue weighted by molar-refractivity contribution is 7.91. The Morgan fingerprint density at radius 3 is 2.30 bits per heavy atom. The minimum atomic E-state index is -3.12. The van der Waals surface area contributed by atoms with Gasteiger partial charge >= 0.3 is 0 Å². The van der Waals surface area contributed by atoms with Crippen molar-refractivity contribution >= 4 is 15.5 Å². The summed E-state index contributed by atoms with van der Waals surface area (Å²) >= 11 is 0. The van der Waals surface area contributed by atoms with Crippen LogP contribution in [0, 0.1) is 23.7 Å². The van der Waals surface area contributed by atoms with Crippen LogP contribution in [-0.2, 0) is 21.8 Å². The summed E-state index contributed by atoms with van der Waals surface area (Å²) < 4.78 is 24.2. The van der Waals surface area contributed by atoms with E-state index in [9.17, 15) is 8.42 Å². The molecule has 5 heteroatoms. The average molecular weight is 563 g/mol. The highest BCUT2D eigenvalue weighted by atomic mass is 32.2. The standard InChI is InChI=1S/C35H50N2O2S/c1-2-40(38,39)33-21-19-32(20-22-33)37-25-28(26-37)11-7-9-27-10-8-15-31(18-17-27)35(30-13-4-5-14-30)34-16-6-3-12-29(34)23-24-36-35/h3,6,12,16,19-22,27-28,30-31,36H,2,4-5,7-11,13-15,17-18,23-26H2,1H3. The summed E-state index contributed by atoms with van der Waals surface area (Å²) in [5, 5.41) is 4.21. The molecule has 2 saturated carbocycles. The number of hydrogen-bond acceptors (Lipinski definition) is 4. The molecular formula is C35H50N2O2S. The zero-order valence-electron chi connectivity index (χ0n) is 24.6. The fourth-order valence-electron chi connectivity index (χ4n) is 8.90. The van der Waals surface area contributed by atoms with Crippen LogP contribution >= 0.6 is 0 Å². The van der Waals surface area contributed by atoms with Crippen molar-refractivity contribution in [2.75, 3.05) is 30.3 Å². The zero-order chi connectivity index (χ0) is 27.6. The van der Waals surface area contributed by atoms with Crippen LogP contribution < -0.4 is 10.2 Å². The second kappa shape index (κ2) is 12.2. The molecule has 218 valence electrons. The van der Waals surface area contributed by atoms with E-state index < -0.39 is 9.84 Å². The molecule has 0 aromatic heterocycles. The van der Waals surface area contributed by atoms with E-state index in [1.807, 2.05) is 12.1 Å². The van der Waals surface area contributed by atoms with Crippen molar-refractivity contribution in [3.05, 3.63) is 59.7 Å². The maximum atomic E-state index is 12.1. The minimum Gasteiger partial charge on any atom is -0.371 e. The molecule has 2 aromatic rings. The van der Waals surface area contributed by atoms with Crippen LogP contribution in [-0.4, -0.2) is 33.8 Å². The predicted octanol–water partition coefficient (Wildman–Crippen LogP) is 7.51. The van der Waals surface area contributed by atoms with Crippen LogP contribution in [0.3, 0.4) is 0 Å². The highest BCUT2D eigenvalue weighted by Gasteiger charge is 2.49. The third-order valence-corrected chi connectivity index (χ3v) is 12.9. The Balaban J connectivity index is 1.00. The van der Waals surface area contributed by atoms with E-state index in [4.69, 9.17) is 0 Å². The van der Waals surface area contributed by atoms with Gasteiger partial charge in [0, 0.05) is 30.9 Å². The van der Waals surface area contributed by atoms with Gasteiger partial charge in [-0.3, -0.25) is 0 Å². The Bertz CT molecular complexity index is 1230. The van der Waals surface area contributed by atoms with Crippen molar-refractivity contribution in [1.82, 2.24) is 5.32 Å². The topological polar surface area (TPSA) is 49.4 Å². The Labute approximate surface area is 243 Å². The summed E-state index contributed by atoms with van der Waals surface area (Å²) in [6, 6.07) is 17.0. The summed E-state index contributed by atoms with van der Waals surface area (Å²) in [4.78, 5) is 2.85. The maximum Gasteiger partial charge on any atom is 0.178 e. The van der Waals surface area contributed by atoms with Gasteiger partial charge in [0.2, 0.25) is 0 Å². The lowest BCUT2D eigenvalue weighted by Crippen LogP contribution is -2.56. The van der Waals surface area contributed by atoms with Gasteiger partial charge < -0.3 is 10.2 Å². The molecule has 40 heavy (non-hydrogen) atoms. The number of nitrogens with one attached hydrogen (secondary N) is 1. The molecule has 3 atom stereocenters. The number of hydrogen-bond donors (Lipinski definition) is 1. The first kappa shape index (κ1) is 28.3. The molecule has 0 amide bonds. The highest BCUT2D eigenvalue weighted by Crippen LogP contribution is 2.52. The molecule has 2 aliphatic heterocycles. The van der Waals surface area contributed by atoms with Crippen molar-refractivity contribution in [3.8, 4) is 0 Å². The number of rotatable bonds is 9. The SMILES string of the molecule is CCS(=O)(=O)c1ccc(N2CC(CCCC3CCCC(C4(C5CCCC5)NCCc5ccccc54)CC3)C2)cc1. The van der Waals surface area contributed by atoms with Crippen molar-refractivity contribution in [1.29, 1.82) is 0 Å². The van der Waals surface area contributed by atoms with Crippen LogP contribution in [0.5, 0.6) is 0 Å². The van der Waals surface area contributed by atoms with Gasteiger partial charge in [-0.25, -0.2) is 8.42 Å². The van der Waals surface area contributed by atoms with Gasteiger partial charge in [-0.2, -0.15) is 0 Å². The Kier molecular flexibility index (Phi) is 8.61. The van der Waals surface area contributed by atoms with Gasteiger partial charge in [-0.1, -0.05) is 76.1 Å². The molecule has 4 nitrogen and oxygen atoms in total. The zero-order valence-corrected chi connectivity index (χ0v) is 25.4. The fraction of sp³-hybridized carbons (Fsp3) is 0.657. The van der Waals surface area contributed by atoms with Gasteiger partial charge in [0.1, 0.15) is 0 Å². The van der Waals surface area contributed by atoms with E-state index in [1.54, 1.807) is 30.2 Å². The summed E-state index contributed by atoms with van der Waals surface area (Å²) in [6.07, 6.45) is 17.9. The second-order valence-electron chi connectivity index (χ2n) is 13.4. The first-order valence-electron chi connectivity index (χ1n) is 16.4. The van der Waals surface area contributed by atoms with E-state index in [2.05, 4.69) is 34.5 Å². The van der Waals surface area contributed by atoms with Gasteiger partial charge in [0.25, 0.3) is 0 Å². The first-order valence-corrected chi connectivity index (χ1v) is 18.1. The quantitative estimate of drug-likeness (QED) is 0.321. The fourth-order valence-corrected chi connectivity index (χ4v) is 9.78. The van der Waals surface area contributed by atoms with Crippen molar-refractivity contribution < 1.29 is 8.42 Å². The lowest BCUT2D eigenvalue weighted by molar-refractivity contribution is 0.0996. The van der Waals surface area contributed by atoms with Crippen LogP contribution in [0.25, 0.3) is 0 Å². The smallest absolute Gasteiger partial charge is 0.178 e. The number of benzene rings is 2. The van der Waals surface area contributed by atoms with Crippen LogP contribution in [0.4, 0.5) is 5.69 Å². The molecule has 0 spiro atoms. The number of sulfone groups is 1. The molecule has 1 saturated heterocycles. The molecule has 0 radical (unpaired) electrons. The van der Waals surface area contributed by atoms with E-state index in [0.717, 1.165) is 49.0 Å². The summed E-state index contributed by atoms with van der Waals surface area (Å²) in [5.74, 6) is 3.43. The number of nitrogens with zero attached hydrogens (tertiary/aromatic N) is 1. The molecule has 0 bridgehead atoms. The van der Waals surface area contributed by atoms with Crippen LogP contribution in [0.1, 0.15) is 95.1 Å². The lowest BCUT2D eigenvalue weighted by atomic mass is 9.63. The summed E-state index contributed by atoms with van der Waals surface area (Å²) in [6.45, 7) is 5.08. The second-order valence-corrected chi connectivity index (χ2v) is 15.6. The molecule has 3 fully saturated rings. The Hall–Kier alpha value is -1.85. The van der Waals surface area contributed by atoms with Crippen LogP contribution in [0.15, 0.2) is 53.4 Å². The largest absolute Gasteiger partial charge is 0.371 e. The number of anilines is 1. The molecule has 1 N–H and O–H groups in total. The maximum absolute atomic E-state index is 12.1. The van der Waals surface area contributed by atoms with Crippen molar-refractivity contribution in [2.45, 2.75) is 101 Å². The third-order valence-electron chi connectivity index (χ3n) is 11.1. The average Bonchev–Trinajstić information content (AvgIpc) is 3.41. The lowest BCUT2D eigenvalue weighted by Gasteiger charge is -2.50. The van der Waals surface area contributed by atoms with Gasteiger partial charge in [0.15, 0.2) is 9.84 Å². The van der Waals surface area contributed by atoms with Crippen molar-refractivity contribution in [2.24, 2.45) is 23.7 Å². The monoisotopic (exact) mass is 562 g/mol. The van der Waals surface area contributed by atoms with Gasteiger partial charge in [-0.15, -0.1) is 0 Å². The van der Waals surface area contributed by atoms with E-state index in [-0.39, 0.29) is 11.3 Å². The molecule has 4 aliphatic rings. The van der Waals surface area contributed by atoms with E-state index in [1.165, 1.54) is 83.5 Å². The van der Waals surface area contributed by atoms with Gasteiger partial charge in [-0.05, 0) is 97.6 Å². The molecule has 6 rings (SSSR count).